The molecular weight excluding hydrogens is 448 g/mol. The fraction of sp³-hybridized carbons (Fsp3) is 0.444. The van der Waals surface area contributed by atoms with Gasteiger partial charge in [-0.1, -0.05) is 48.5 Å². The highest BCUT2D eigenvalue weighted by molar-refractivity contribution is 5.87. The fourth-order valence-corrected chi connectivity index (χ4v) is 6.41. The molecule has 3 heterocycles. The molecule has 2 bridgehead atoms. The lowest BCUT2D eigenvalue weighted by Crippen LogP contribution is -2.56. The number of hydrogen-bond donors (Lipinski definition) is 2. The summed E-state index contributed by atoms with van der Waals surface area (Å²) >= 11 is 0. The third-order valence-corrected chi connectivity index (χ3v) is 8.42. The molecule has 5 atom stereocenters. The van der Waals surface area contributed by atoms with Gasteiger partial charge in [0.25, 0.3) is 0 Å². The Hall–Kier alpha value is -3.39. The third kappa shape index (κ3) is 3.34. The summed E-state index contributed by atoms with van der Waals surface area (Å²) in [4.78, 5) is 39.5. The van der Waals surface area contributed by atoms with Crippen molar-refractivity contribution in [1.82, 2.24) is 10.2 Å². The molecular formula is C27H28N2O6. The van der Waals surface area contributed by atoms with Crippen LogP contribution >= 0.6 is 0 Å². The molecule has 0 aromatic heterocycles. The molecule has 8 nitrogen and oxygen atoms in total. The van der Waals surface area contributed by atoms with Crippen LogP contribution in [0.4, 0.5) is 4.79 Å². The number of benzene rings is 2. The van der Waals surface area contributed by atoms with E-state index in [9.17, 15) is 19.5 Å². The van der Waals surface area contributed by atoms with E-state index in [-0.39, 0.29) is 43.6 Å². The van der Waals surface area contributed by atoms with Gasteiger partial charge < -0.3 is 24.8 Å². The number of nitrogens with zero attached hydrogens (tertiary/aromatic N) is 1. The summed E-state index contributed by atoms with van der Waals surface area (Å²) in [6.07, 6.45) is 0.139. The molecule has 35 heavy (non-hydrogen) atoms. The number of fused-ring (bicyclic) bond motifs is 4. The van der Waals surface area contributed by atoms with E-state index >= 15 is 0 Å². The average molecular weight is 477 g/mol. The maximum Gasteiger partial charge on any atom is 0.407 e. The number of rotatable bonds is 5. The molecule has 2 aromatic rings. The Morgan fingerprint density at radius 2 is 1.77 bits per heavy atom. The van der Waals surface area contributed by atoms with Crippen LogP contribution in [0.25, 0.3) is 11.1 Å². The quantitative estimate of drug-likeness (QED) is 0.688. The van der Waals surface area contributed by atoms with Crippen molar-refractivity contribution in [3.8, 4) is 11.1 Å². The van der Waals surface area contributed by atoms with Gasteiger partial charge in [0.15, 0.2) is 0 Å². The largest absolute Gasteiger partial charge is 0.481 e. The lowest BCUT2D eigenvalue weighted by Gasteiger charge is -2.37. The zero-order valence-corrected chi connectivity index (χ0v) is 19.5. The summed E-state index contributed by atoms with van der Waals surface area (Å²) in [6.45, 7) is 2.80. The monoisotopic (exact) mass is 476 g/mol. The summed E-state index contributed by atoms with van der Waals surface area (Å²) in [5.41, 5.74) is 3.61. The van der Waals surface area contributed by atoms with Crippen molar-refractivity contribution in [2.75, 3.05) is 26.4 Å². The lowest BCUT2D eigenvalue weighted by molar-refractivity contribution is -0.150. The van der Waals surface area contributed by atoms with Gasteiger partial charge in [-0.05, 0) is 41.5 Å². The SMILES string of the molecule is CC1(C(=O)N2CC3CC2C3C(=O)O)COCC1NC(=O)OCC1c2ccccc2-c2ccccc21. The number of carbonyl (C=O) groups is 3. The van der Waals surface area contributed by atoms with Crippen LogP contribution in [0.3, 0.4) is 0 Å². The number of nitrogens with one attached hydrogen (secondary N) is 1. The van der Waals surface area contributed by atoms with Gasteiger partial charge in [0.05, 0.1) is 30.6 Å². The molecule has 4 fully saturated rings. The molecule has 0 radical (unpaired) electrons. The van der Waals surface area contributed by atoms with E-state index in [1.165, 1.54) is 0 Å². The highest BCUT2D eigenvalue weighted by Gasteiger charge is 2.60. The molecule has 7 rings (SSSR count). The second kappa shape index (κ2) is 8.09. The first-order valence-electron chi connectivity index (χ1n) is 12.1. The van der Waals surface area contributed by atoms with Gasteiger partial charge in [-0.3, -0.25) is 9.59 Å². The first-order valence-corrected chi connectivity index (χ1v) is 12.1. The number of carboxylic acid groups (broad SMARTS) is 1. The first-order chi connectivity index (χ1) is 16.9. The second-order valence-corrected chi connectivity index (χ2v) is 10.3. The van der Waals surface area contributed by atoms with Crippen molar-refractivity contribution < 1.29 is 29.0 Å². The molecule has 2 N–H and O–H groups in total. The van der Waals surface area contributed by atoms with E-state index in [4.69, 9.17) is 9.47 Å². The summed E-state index contributed by atoms with van der Waals surface area (Å²) in [7, 11) is 0. The summed E-state index contributed by atoms with van der Waals surface area (Å²) in [5.74, 6) is -1.53. The van der Waals surface area contributed by atoms with Crippen molar-refractivity contribution in [2.24, 2.45) is 17.3 Å². The summed E-state index contributed by atoms with van der Waals surface area (Å²) < 4.78 is 11.3. The molecule has 1 saturated carbocycles. The van der Waals surface area contributed by atoms with Gasteiger partial charge in [-0.15, -0.1) is 0 Å². The number of alkyl carbamates (subject to hydrolysis) is 1. The van der Waals surface area contributed by atoms with Crippen LogP contribution in [-0.4, -0.2) is 66.4 Å². The Morgan fingerprint density at radius 1 is 1.11 bits per heavy atom. The zero-order chi connectivity index (χ0) is 24.3. The Morgan fingerprint density at radius 3 is 2.40 bits per heavy atom. The van der Waals surface area contributed by atoms with Crippen LogP contribution < -0.4 is 5.32 Å². The number of amides is 2. The van der Waals surface area contributed by atoms with Crippen LogP contribution in [0.15, 0.2) is 48.5 Å². The van der Waals surface area contributed by atoms with E-state index < -0.39 is 29.4 Å². The second-order valence-electron chi connectivity index (χ2n) is 10.3. The fourth-order valence-electron chi connectivity index (χ4n) is 6.41. The topological polar surface area (TPSA) is 105 Å². The molecule has 2 amide bonds. The molecule has 3 aliphatic heterocycles. The molecule has 2 aliphatic carbocycles. The van der Waals surface area contributed by atoms with Crippen LogP contribution in [0.5, 0.6) is 0 Å². The minimum absolute atomic E-state index is 0.0147. The van der Waals surface area contributed by atoms with E-state index in [2.05, 4.69) is 29.6 Å². The molecule has 3 saturated heterocycles. The number of carbonyl (C=O) groups excluding carboxylic acids is 2. The maximum atomic E-state index is 13.5. The Bertz CT molecular complexity index is 1170. The number of aliphatic carboxylic acids is 1. The first kappa shape index (κ1) is 22.1. The third-order valence-electron chi connectivity index (χ3n) is 8.42. The molecule has 8 heteroatoms. The van der Waals surface area contributed by atoms with Crippen molar-refractivity contribution in [3.05, 3.63) is 59.7 Å². The van der Waals surface area contributed by atoms with Crippen molar-refractivity contribution >= 4 is 18.0 Å². The van der Waals surface area contributed by atoms with Gasteiger partial charge in [0.1, 0.15) is 6.61 Å². The van der Waals surface area contributed by atoms with Crippen molar-refractivity contribution in [1.29, 1.82) is 0 Å². The van der Waals surface area contributed by atoms with E-state index in [1.807, 2.05) is 24.3 Å². The number of hydrogen-bond acceptors (Lipinski definition) is 5. The van der Waals surface area contributed by atoms with E-state index in [1.54, 1.807) is 11.8 Å². The van der Waals surface area contributed by atoms with Gasteiger partial charge in [-0.2, -0.15) is 0 Å². The van der Waals surface area contributed by atoms with Crippen LogP contribution in [0, 0.1) is 17.3 Å². The minimum Gasteiger partial charge on any atom is -0.481 e. The standard InChI is InChI=1S/C27H28N2O6/c1-27(25(32)29-11-15-10-21(29)23(15)24(30)31)14-34-13-22(27)28-26(33)35-12-20-18-8-4-2-6-16(18)17-7-3-5-9-19(17)20/h2-9,15,20-23H,10-14H2,1H3,(H,28,33)(H,30,31). The van der Waals surface area contributed by atoms with Crippen LogP contribution in [0.2, 0.25) is 0 Å². The molecule has 182 valence electrons. The minimum atomic E-state index is -0.966. The normalized spacial score (nSPS) is 30.4. The predicted octanol–water partition coefficient (Wildman–Crippen LogP) is 2.86. The Kier molecular flexibility index (Phi) is 5.11. The van der Waals surface area contributed by atoms with Gasteiger partial charge >= 0.3 is 12.1 Å². The smallest absolute Gasteiger partial charge is 0.407 e. The highest BCUT2D eigenvalue weighted by atomic mass is 16.5. The Labute approximate surface area is 203 Å². The number of carboxylic acids is 1. The van der Waals surface area contributed by atoms with Crippen molar-refractivity contribution in [3.63, 3.8) is 0 Å². The molecule has 2 aromatic carbocycles. The number of ether oxygens (including phenoxy) is 2. The van der Waals surface area contributed by atoms with Crippen LogP contribution in [0.1, 0.15) is 30.4 Å². The van der Waals surface area contributed by atoms with Gasteiger partial charge in [0, 0.05) is 18.5 Å². The summed E-state index contributed by atoms with van der Waals surface area (Å²) in [6, 6.07) is 15.5. The van der Waals surface area contributed by atoms with Crippen LogP contribution in [-0.2, 0) is 19.1 Å². The average Bonchev–Trinajstić information content (AvgIpc) is 3.59. The molecule has 5 unspecified atom stereocenters. The van der Waals surface area contributed by atoms with Crippen molar-refractivity contribution in [2.45, 2.75) is 31.3 Å². The maximum absolute atomic E-state index is 13.5. The van der Waals surface area contributed by atoms with E-state index in [0.29, 0.717) is 6.54 Å². The van der Waals surface area contributed by atoms with E-state index in [0.717, 1.165) is 28.7 Å². The summed E-state index contributed by atoms with van der Waals surface area (Å²) in [5, 5.41) is 12.3. The highest BCUT2D eigenvalue weighted by Crippen LogP contribution is 2.49. The predicted molar refractivity (Wildman–Crippen MR) is 126 cm³/mol. The molecule has 0 spiro atoms. The van der Waals surface area contributed by atoms with Gasteiger partial charge in [-0.25, -0.2) is 4.79 Å². The van der Waals surface area contributed by atoms with Gasteiger partial charge in [0.2, 0.25) is 5.91 Å². The molecule has 5 aliphatic rings. The Balaban J connectivity index is 1.12. The zero-order valence-electron chi connectivity index (χ0n) is 19.5. The lowest BCUT2D eigenvalue weighted by atomic mass is 9.73.